The van der Waals surface area contributed by atoms with Crippen molar-refractivity contribution >= 4 is 23.2 Å². The van der Waals surface area contributed by atoms with E-state index in [1.807, 2.05) is 0 Å². The van der Waals surface area contributed by atoms with Crippen molar-refractivity contribution in [1.82, 2.24) is 5.32 Å². The molecule has 0 saturated carbocycles. The predicted octanol–water partition coefficient (Wildman–Crippen LogP) is 1.98. The molecule has 0 saturated heterocycles. The van der Waals surface area contributed by atoms with E-state index < -0.39 is 22.6 Å². The second kappa shape index (κ2) is 8.06. The highest BCUT2D eigenvalue weighted by molar-refractivity contribution is 5.95. The van der Waals surface area contributed by atoms with E-state index in [9.17, 15) is 24.1 Å². The van der Waals surface area contributed by atoms with Crippen LogP contribution in [-0.4, -0.2) is 29.8 Å². The molecule has 0 bridgehead atoms. The first kappa shape index (κ1) is 18.8. The van der Waals surface area contributed by atoms with Crippen LogP contribution in [0.1, 0.15) is 26.3 Å². The highest BCUT2D eigenvalue weighted by Crippen LogP contribution is 2.25. The summed E-state index contributed by atoms with van der Waals surface area (Å²) in [6, 6.07) is 7.98. The summed E-state index contributed by atoms with van der Waals surface area (Å²) in [6.45, 7) is 1.94. The second-order valence-corrected chi connectivity index (χ2v) is 5.50. The van der Waals surface area contributed by atoms with E-state index in [1.165, 1.54) is 24.3 Å². The van der Waals surface area contributed by atoms with Crippen LogP contribution in [0.25, 0.3) is 0 Å². The monoisotopic (exact) mass is 360 g/mol. The van der Waals surface area contributed by atoms with Gasteiger partial charge in [-0.1, -0.05) is 6.07 Å². The standard InChI is InChI=1S/C17H17FN4O4/c1-10-2-3-12(8-13(10)18)17(24)21-7-6-20-14-5-4-11(16(19)23)9-15(14)22(25)26/h2-5,8-9,20H,6-7H2,1H3,(H2,19,23)(H,21,24). The molecule has 4 N–H and O–H groups in total. The number of rotatable bonds is 7. The number of nitrogens with one attached hydrogen (secondary N) is 2. The lowest BCUT2D eigenvalue weighted by molar-refractivity contribution is -0.384. The number of hydrogen-bond acceptors (Lipinski definition) is 5. The molecular formula is C17H17FN4O4. The van der Waals surface area contributed by atoms with Crippen LogP contribution in [0.3, 0.4) is 0 Å². The number of anilines is 1. The Bertz CT molecular complexity index is 870. The van der Waals surface area contributed by atoms with Gasteiger partial charge in [0.2, 0.25) is 5.91 Å². The van der Waals surface area contributed by atoms with E-state index >= 15 is 0 Å². The zero-order valence-corrected chi connectivity index (χ0v) is 13.9. The van der Waals surface area contributed by atoms with Gasteiger partial charge in [0.1, 0.15) is 11.5 Å². The zero-order chi connectivity index (χ0) is 19.3. The van der Waals surface area contributed by atoms with Crippen molar-refractivity contribution in [2.45, 2.75) is 6.92 Å². The first-order valence-electron chi connectivity index (χ1n) is 7.66. The van der Waals surface area contributed by atoms with Crippen LogP contribution in [0.2, 0.25) is 0 Å². The Labute approximate surface area is 148 Å². The Balaban J connectivity index is 1.95. The summed E-state index contributed by atoms with van der Waals surface area (Å²) in [5.41, 5.74) is 5.65. The number of carbonyl (C=O) groups is 2. The molecule has 2 rings (SSSR count). The Kier molecular flexibility index (Phi) is 5.84. The Morgan fingerprint density at radius 1 is 1.15 bits per heavy atom. The van der Waals surface area contributed by atoms with Crippen LogP contribution in [0.5, 0.6) is 0 Å². The third-order valence-corrected chi connectivity index (χ3v) is 3.64. The van der Waals surface area contributed by atoms with Crippen LogP contribution in [0.4, 0.5) is 15.8 Å². The van der Waals surface area contributed by atoms with Gasteiger partial charge in [0.15, 0.2) is 0 Å². The molecule has 0 fully saturated rings. The van der Waals surface area contributed by atoms with Gasteiger partial charge < -0.3 is 16.4 Å². The fourth-order valence-electron chi connectivity index (χ4n) is 2.19. The molecule has 0 aliphatic heterocycles. The van der Waals surface area contributed by atoms with Gasteiger partial charge in [0.25, 0.3) is 11.6 Å². The number of carbonyl (C=O) groups excluding carboxylic acids is 2. The molecule has 2 amide bonds. The highest BCUT2D eigenvalue weighted by atomic mass is 19.1. The first-order valence-corrected chi connectivity index (χ1v) is 7.66. The fraction of sp³-hybridized carbons (Fsp3) is 0.176. The molecule has 9 heteroatoms. The van der Waals surface area contributed by atoms with Crippen molar-refractivity contribution in [2.75, 3.05) is 18.4 Å². The Morgan fingerprint density at radius 3 is 2.46 bits per heavy atom. The number of primary amides is 1. The number of nitro benzene ring substituents is 1. The molecule has 8 nitrogen and oxygen atoms in total. The maximum atomic E-state index is 13.5. The lowest BCUT2D eigenvalue weighted by atomic mass is 10.1. The molecule has 0 spiro atoms. The lowest BCUT2D eigenvalue weighted by Crippen LogP contribution is -2.29. The van der Waals surface area contributed by atoms with Crippen LogP contribution in [0.15, 0.2) is 36.4 Å². The summed E-state index contributed by atoms with van der Waals surface area (Å²) in [7, 11) is 0. The number of benzene rings is 2. The fourth-order valence-corrected chi connectivity index (χ4v) is 2.19. The van der Waals surface area contributed by atoms with Crippen molar-refractivity contribution in [1.29, 1.82) is 0 Å². The number of amides is 2. The number of halogens is 1. The molecule has 0 aliphatic carbocycles. The minimum Gasteiger partial charge on any atom is -0.378 e. The van der Waals surface area contributed by atoms with Crippen molar-refractivity contribution in [3.05, 3.63) is 69.0 Å². The Hall–Kier alpha value is -3.49. The first-order chi connectivity index (χ1) is 12.3. The summed E-state index contributed by atoms with van der Waals surface area (Å²) in [5, 5.41) is 16.5. The van der Waals surface area contributed by atoms with E-state index in [2.05, 4.69) is 10.6 Å². The summed E-state index contributed by atoms with van der Waals surface area (Å²) >= 11 is 0. The van der Waals surface area contributed by atoms with Gasteiger partial charge in [-0.25, -0.2) is 4.39 Å². The van der Waals surface area contributed by atoms with Crippen molar-refractivity contribution in [3.63, 3.8) is 0 Å². The Morgan fingerprint density at radius 2 is 1.85 bits per heavy atom. The normalized spacial score (nSPS) is 10.2. The molecule has 0 aromatic heterocycles. The molecular weight excluding hydrogens is 343 g/mol. The maximum Gasteiger partial charge on any atom is 0.293 e. The molecule has 136 valence electrons. The summed E-state index contributed by atoms with van der Waals surface area (Å²) < 4.78 is 13.5. The molecule has 0 radical (unpaired) electrons. The second-order valence-electron chi connectivity index (χ2n) is 5.50. The minimum atomic E-state index is -0.766. The van der Waals surface area contributed by atoms with Crippen molar-refractivity contribution in [2.24, 2.45) is 5.73 Å². The van der Waals surface area contributed by atoms with Crippen LogP contribution in [-0.2, 0) is 0 Å². The van der Waals surface area contributed by atoms with Gasteiger partial charge in [0, 0.05) is 30.3 Å². The average molecular weight is 360 g/mol. The van der Waals surface area contributed by atoms with E-state index in [1.54, 1.807) is 6.92 Å². The quantitative estimate of drug-likeness (QED) is 0.395. The van der Waals surface area contributed by atoms with Gasteiger partial charge in [0.05, 0.1) is 4.92 Å². The molecule has 0 unspecified atom stereocenters. The summed E-state index contributed by atoms with van der Waals surface area (Å²) in [5.74, 6) is -1.69. The number of aryl methyl sites for hydroxylation is 1. The van der Waals surface area contributed by atoms with E-state index in [4.69, 9.17) is 5.73 Å². The molecule has 0 atom stereocenters. The average Bonchev–Trinajstić information content (AvgIpc) is 2.60. The largest absolute Gasteiger partial charge is 0.378 e. The summed E-state index contributed by atoms with van der Waals surface area (Å²) in [4.78, 5) is 33.5. The number of hydrogen-bond donors (Lipinski definition) is 3. The van der Waals surface area contributed by atoms with Crippen LogP contribution in [0, 0.1) is 22.9 Å². The van der Waals surface area contributed by atoms with Gasteiger partial charge >= 0.3 is 0 Å². The third-order valence-electron chi connectivity index (χ3n) is 3.64. The molecule has 0 aliphatic rings. The zero-order valence-electron chi connectivity index (χ0n) is 13.9. The molecule has 26 heavy (non-hydrogen) atoms. The van der Waals surface area contributed by atoms with Gasteiger partial charge in [-0.05, 0) is 36.8 Å². The third kappa shape index (κ3) is 4.53. The minimum absolute atomic E-state index is 0.0250. The predicted molar refractivity (Wildman–Crippen MR) is 93.6 cm³/mol. The van der Waals surface area contributed by atoms with Crippen LogP contribution < -0.4 is 16.4 Å². The molecule has 0 heterocycles. The van der Waals surface area contributed by atoms with Crippen molar-refractivity contribution in [3.8, 4) is 0 Å². The van der Waals surface area contributed by atoms with Gasteiger partial charge in [-0.15, -0.1) is 0 Å². The number of nitro groups is 1. The van der Waals surface area contributed by atoms with Crippen molar-refractivity contribution < 1.29 is 18.9 Å². The molecule has 2 aromatic rings. The topological polar surface area (TPSA) is 127 Å². The van der Waals surface area contributed by atoms with E-state index in [0.29, 0.717) is 5.56 Å². The molecule has 2 aromatic carbocycles. The van der Waals surface area contributed by atoms with E-state index in [0.717, 1.165) is 12.1 Å². The smallest absolute Gasteiger partial charge is 0.293 e. The van der Waals surface area contributed by atoms with Gasteiger partial charge in [-0.2, -0.15) is 0 Å². The van der Waals surface area contributed by atoms with E-state index in [-0.39, 0.29) is 35.6 Å². The summed E-state index contributed by atoms with van der Waals surface area (Å²) in [6.07, 6.45) is 0. The highest BCUT2D eigenvalue weighted by Gasteiger charge is 2.16. The lowest BCUT2D eigenvalue weighted by Gasteiger charge is -2.09. The number of nitrogens with two attached hydrogens (primary N) is 1. The number of nitrogens with zero attached hydrogens (tertiary/aromatic N) is 1. The van der Waals surface area contributed by atoms with Crippen LogP contribution >= 0.6 is 0 Å². The maximum absolute atomic E-state index is 13.5. The van der Waals surface area contributed by atoms with Gasteiger partial charge in [-0.3, -0.25) is 19.7 Å². The SMILES string of the molecule is Cc1ccc(C(=O)NCCNc2ccc(C(N)=O)cc2[N+](=O)[O-])cc1F.